The maximum Gasteiger partial charge on any atom is 0.0521 e. The first-order valence-electron chi connectivity index (χ1n) is 5.95. The van der Waals surface area contributed by atoms with Gasteiger partial charge in [0, 0.05) is 25.8 Å². The zero-order valence-corrected chi connectivity index (χ0v) is 9.79. The van der Waals surface area contributed by atoms with Gasteiger partial charge in [0.2, 0.25) is 0 Å². The molecule has 3 nitrogen and oxygen atoms in total. The van der Waals surface area contributed by atoms with Gasteiger partial charge in [-0.3, -0.25) is 4.68 Å². The van der Waals surface area contributed by atoms with Crippen LogP contribution >= 0.6 is 0 Å². The van der Waals surface area contributed by atoms with Crippen molar-refractivity contribution in [2.75, 3.05) is 6.54 Å². The highest BCUT2D eigenvalue weighted by molar-refractivity contribution is 5.00. The van der Waals surface area contributed by atoms with Gasteiger partial charge in [0.25, 0.3) is 0 Å². The molecule has 1 heterocycles. The SMILES string of the molecule is CCn1nccc1CNCC1(C)CCC1. The summed E-state index contributed by atoms with van der Waals surface area (Å²) in [5, 5.41) is 7.80. The molecule has 0 aromatic carbocycles. The number of hydrogen-bond donors (Lipinski definition) is 1. The fraction of sp³-hybridized carbons (Fsp3) is 0.750. The molecular weight excluding hydrogens is 186 g/mol. The molecule has 1 aliphatic carbocycles. The minimum absolute atomic E-state index is 0.567. The van der Waals surface area contributed by atoms with Gasteiger partial charge >= 0.3 is 0 Å². The molecule has 0 radical (unpaired) electrons. The lowest BCUT2D eigenvalue weighted by Crippen LogP contribution is -2.37. The second kappa shape index (κ2) is 4.35. The van der Waals surface area contributed by atoms with Gasteiger partial charge in [0.15, 0.2) is 0 Å². The van der Waals surface area contributed by atoms with Crippen LogP contribution in [0, 0.1) is 5.41 Å². The minimum Gasteiger partial charge on any atom is -0.311 e. The lowest BCUT2D eigenvalue weighted by molar-refractivity contribution is 0.156. The molecule has 0 bridgehead atoms. The second-order valence-corrected chi connectivity index (χ2v) is 4.91. The monoisotopic (exact) mass is 207 g/mol. The van der Waals surface area contributed by atoms with Gasteiger partial charge in [-0.2, -0.15) is 5.10 Å². The molecule has 15 heavy (non-hydrogen) atoms. The van der Waals surface area contributed by atoms with E-state index in [1.807, 2.05) is 6.20 Å². The quantitative estimate of drug-likeness (QED) is 0.802. The molecule has 1 N–H and O–H groups in total. The van der Waals surface area contributed by atoms with E-state index in [4.69, 9.17) is 0 Å². The number of aryl methyl sites for hydroxylation is 1. The molecule has 0 atom stereocenters. The second-order valence-electron chi connectivity index (χ2n) is 4.91. The summed E-state index contributed by atoms with van der Waals surface area (Å²) in [6.07, 6.45) is 6.05. The Morgan fingerprint density at radius 1 is 1.53 bits per heavy atom. The number of hydrogen-bond acceptors (Lipinski definition) is 2. The smallest absolute Gasteiger partial charge is 0.0521 e. The Bertz CT molecular complexity index is 312. The van der Waals surface area contributed by atoms with Gasteiger partial charge in [0.1, 0.15) is 0 Å². The summed E-state index contributed by atoms with van der Waals surface area (Å²) in [4.78, 5) is 0. The van der Waals surface area contributed by atoms with Crippen LogP contribution in [0.2, 0.25) is 0 Å². The Balaban J connectivity index is 1.78. The van der Waals surface area contributed by atoms with E-state index < -0.39 is 0 Å². The van der Waals surface area contributed by atoms with Gasteiger partial charge in [-0.15, -0.1) is 0 Å². The average molecular weight is 207 g/mol. The van der Waals surface area contributed by atoms with Gasteiger partial charge in [0.05, 0.1) is 5.69 Å². The first kappa shape index (κ1) is 10.7. The van der Waals surface area contributed by atoms with Crippen molar-refractivity contribution in [2.45, 2.75) is 46.2 Å². The summed E-state index contributed by atoms with van der Waals surface area (Å²) < 4.78 is 2.05. The van der Waals surface area contributed by atoms with E-state index in [0.717, 1.165) is 19.6 Å². The third kappa shape index (κ3) is 2.40. The standard InChI is InChI=1S/C12H21N3/c1-3-15-11(5-8-14-15)9-13-10-12(2)6-4-7-12/h5,8,13H,3-4,6-7,9-10H2,1-2H3. The lowest BCUT2D eigenvalue weighted by Gasteiger charge is -2.38. The Morgan fingerprint density at radius 2 is 2.33 bits per heavy atom. The highest BCUT2D eigenvalue weighted by atomic mass is 15.3. The maximum atomic E-state index is 4.26. The summed E-state index contributed by atoms with van der Waals surface area (Å²) in [7, 11) is 0. The molecule has 2 rings (SSSR count). The van der Waals surface area contributed by atoms with E-state index in [0.29, 0.717) is 5.41 Å². The van der Waals surface area contributed by atoms with E-state index in [1.165, 1.54) is 25.0 Å². The van der Waals surface area contributed by atoms with Crippen molar-refractivity contribution in [3.05, 3.63) is 18.0 Å². The summed E-state index contributed by atoms with van der Waals surface area (Å²) in [5.41, 5.74) is 1.86. The van der Waals surface area contributed by atoms with Gasteiger partial charge in [-0.25, -0.2) is 0 Å². The van der Waals surface area contributed by atoms with E-state index in [2.05, 4.69) is 35.0 Å². The minimum atomic E-state index is 0.567. The van der Waals surface area contributed by atoms with Gasteiger partial charge in [-0.1, -0.05) is 13.3 Å². The van der Waals surface area contributed by atoms with Crippen molar-refractivity contribution in [1.29, 1.82) is 0 Å². The topological polar surface area (TPSA) is 29.9 Å². The molecule has 0 saturated heterocycles. The Hall–Kier alpha value is -0.830. The molecule has 0 unspecified atom stereocenters. The highest BCUT2D eigenvalue weighted by Crippen LogP contribution is 2.39. The van der Waals surface area contributed by atoms with E-state index >= 15 is 0 Å². The molecule has 1 aliphatic rings. The van der Waals surface area contributed by atoms with Crippen molar-refractivity contribution in [2.24, 2.45) is 5.41 Å². The average Bonchev–Trinajstić information content (AvgIpc) is 2.63. The van der Waals surface area contributed by atoms with Crippen molar-refractivity contribution < 1.29 is 0 Å². The first-order chi connectivity index (χ1) is 7.23. The normalized spacial score (nSPS) is 18.8. The van der Waals surface area contributed by atoms with Crippen molar-refractivity contribution in [1.82, 2.24) is 15.1 Å². The molecule has 0 spiro atoms. The molecule has 1 aromatic heterocycles. The van der Waals surface area contributed by atoms with Crippen LogP contribution in [0.5, 0.6) is 0 Å². The van der Waals surface area contributed by atoms with E-state index in [9.17, 15) is 0 Å². The summed E-state index contributed by atoms with van der Waals surface area (Å²) in [6.45, 7) is 7.55. The van der Waals surface area contributed by atoms with Gasteiger partial charge in [-0.05, 0) is 31.2 Å². The lowest BCUT2D eigenvalue weighted by atomic mass is 9.70. The highest BCUT2D eigenvalue weighted by Gasteiger charge is 2.30. The van der Waals surface area contributed by atoms with Crippen LogP contribution in [0.1, 0.15) is 38.8 Å². The fourth-order valence-corrected chi connectivity index (χ4v) is 2.24. The summed E-state index contributed by atoms with van der Waals surface area (Å²) in [5.74, 6) is 0. The third-order valence-corrected chi connectivity index (χ3v) is 3.52. The predicted octanol–water partition coefficient (Wildman–Crippen LogP) is 2.18. The number of nitrogens with zero attached hydrogens (tertiary/aromatic N) is 2. The Labute approximate surface area is 91.9 Å². The Kier molecular flexibility index (Phi) is 3.10. The molecular formula is C12H21N3. The van der Waals surface area contributed by atoms with Crippen LogP contribution in [0.3, 0.4) is 0 Å². The van der Waals surface area contributed by atoms with Crippen LogP contribution < -0.4 is 5.32 Å². The molecule has 3 heteroatoms. The zero-order chi connectivity index (χ0) is 10.7. The zero-order valence-electron chi connectivity index (χ0n) is 9.79. The largest absolute Gasteiger partial charge is 0.311 e. The molecule has 1 fully saturated rings. The van der Waals surface area contributed by atoms with Crippen LogP contribution in [0.25, 0.3) is 0 Å². The summed E-state index contributed by atoms with van der Waals surface area (Å²) >= 11 is 0. The number of aromatic nitrogens is 2. The fourth-order valence-electron chi connectivity index (χ4n) is 2.24. The molecule has 0 aliphatic heterocycles. The van der Waals surface area contributed by atoms with Crippen LogP contribution in [-0.4, -0.2) is 16.3 Å². The van der Waals surface area contributed by atoms with E-state index in [-0.39, 0.29) is 0 Å². The molecule has 1 saturated carbocycles. The predicted molar refractivity (Wildman–Crippen MR) is 61.6 cm³/mol. The van der Waals surface area contributed by atoms with Crippen molar-refractivity contribution >= 4 is 0 Å². The van der Waals surface area contributed by atoms with Crippen molar-refractivity contribution in [3.63, 3.8) is 0 Å². The Morgan fingerprint density at radius 3 is 2.93 bits per heavy atom. The number of nitrogens with one attached hydrogen (secondary N) is 1. The number of rotatable bonds is 5. The van der Waals surface area contributed by atoms with Crippen LogP contribution in [0.4, 0.5) is 0 Å². The third-order valence-electron chi connectivity index (χ3n) is 3.52. The molecule has 0 amide bonds. The maximum absolute atomic E-state index is 4.26. The van der Waals surface area contributed by atoms with E-state index in [1.54, 1.807) is 0 Å². The van der Waals surface area contributed by atoms with Crippen LogP contribution in [-0.2, 0) is 13.1 Å². The van der Waals surface area contributed by atoms with Gasteiger partial charge < -0.3 is 5.32 Å². The summed E-state index contributed by atoms with van der Waals surface area (Å²) in [6, 6.07) is 2.10. The molecule has 1 aromatic rings. The van der Waals surface area contributed by atoms with Crippen molar-refractivity contribution in [3.8, 4) is 0 Å². The first-order valence-corrected chi connectivity index (χ1v) is 5.95. The van der Waals surface area contributed by atoms with Crippen LogP contribution in [0.15, 0.2) is 12.3 Å². The molecule has 84 valence electrons.